The molecule has 20 heavy (non-hydrogen) atoms. The third kappa shape index (κ3) is 1.90. The fourth-order valence-corrected chi connectivity index (χ4v) is 3.31. The molecule has 1 aromatic carbocycles. The standard InChI is InChI=1S/C16H20N2O2/c1-11-7-3-4-8-13(11)18-12(2)15(19)17-10-6-5-9-14(17)16(18)20/h3-4,7-8,12,14H,5-6,9-10H2,1-2H3. The van der Waals surface area contributed by atoms with Gasteiger partial charge in [0.2, 0.25) is 5.91 Å². The normalized spacial score (nSPS) is 26.7. The number of hydrogen-bond donors (Lipinski definition) is 0. The summed E-state index contributed by atoms with van der Waals surface area (Å²) < 4.78 is 0. The van der Waals surface area contributed by atoms with E-state index >= 15 is 0 Å². The summed E-state index contributed by atoms with van der Waals surface area (Å²) in [7, 11) is 0. The number of anilines is 1. The molecule has 2 amide bonds. The van der Waals surface area contributed by atoms with Gasteiger partial charge in [0.15, 0.2) is 0 Å². The predicted molar refractivity (Wildman–Crippen MR) is 77.5 cm³/mol. The molecule has 2 heterocycles. The number of rotatable bonds is 1. The lowest BCUT2D eigenvalue weighted by molar-refractivity contribution is -0.147. The van der Waals surface area contributed by atoms with Crippen LogP contribution in [0.1, 0.15) is 31.7 Å². The summed E-state index contributed by atoms with van der Waals surface area (Å²) in [4.78, 5) is 28.8. The molecule has 0 aliphatic carbocycles. The van der Waals surface area contributed by atoms with Crippen molar-refractivity contribution in [2.45, 2.75) is 45.2 Å². The molecule has 0 saturated carbocycles. The summed E-state index contributed by atoms with van der Waals surface area (Å²) in [5, 5.41) is 0. The van der Waals surface area contributed by atoms with Crippen LogP contribution < -0.4 is 4.90 Å². The van der Waals surface area contributed by atoms with E-state index in [0.29, 0.717) is 0 Å². The van der Waals surface area contributed by atoms with Crippen LogP contribution in [0.5, 0.6) is 0 Å². The van der Waals surface area contributed by atoms with Crippen molar-refractivity contribution < 1.29 is 9.59 Å². The molecule has 106 valence electrons. The summed E-state index contributed by atoms with van der Waals surface area (Å²) in [6, 6.07) is 7.11. The fraction of sp³-hybridized carbons (Fsp3) is 0.500. The van der Waals surface area contributed by atoms with Crippen LogP contribution in [0.25, 0.3) is 0 Å². The van der Waals surface area contributed by atoms with Gasteiger partial charge in [0.05, 0.1) is 0 Å². The second kappa shape index (κ2) is 4.93. The first-order valence-electron chi connectivity index (χ1n) is 7.30. The molecule has 0 aromatic heterocycles. The first kappa shape index (κ1) is 13.2. The maximum absolute atomic E-state index is 12.8. The predicted octanol–water partition coefficient (Wildman–Crippen LogP) is 2.11. The first-order chi connectivity index (χ1) is 9.61. The highest BCUT2D eigenvalue weighted by Crippen LogP contribution is 2.31. The molecule has 3 rings (SSSR count). The molecule has 4 heteroatoms. The van der Waals surface area contributed by atoms with Crippen molar-refractivity contribution in [2.24, 2.45) is 0 Å². The van der Waals surface area contributed by atoms with Gasteiger partial charge in [-0.25, -0.2) is 0 Å². The van der Waals surface area contributed by atoms with Gasteiger partial charge in [-0.1, -0.05) is 18.2 Å². The Morgan fingerprint density at radius 3 is 2.60 bits per heavy atom. The quantitative estimate of drug-likeness (QED) is 0.785. The average molecular weight is 272 g/mol. The Labute approximate surface area is 119 Å². The van der Waals surface area contributed by atoms with Crippen LogP contribution in [0.4, 0.5) is 5.69 Å². The van der Waals surface area contributed by atoms with E-state index in [1.54, 1.807) is 9.80 Å². The Bertz CT molecular complexity index is 555. The molecular weight excluding hydrogens is 252 g/mol. The van der Waals surface area contributed by atoms with Crippen molar-refractivity contribution in [3.63, 3.8) is 0 Å². The van der Waals surface area contributed by atoms with Crippen LogP contribution in [0, 0.1) is 6.92 Å². The Morgan fingerprint density at radius 2 is 1.85 bits per heavy atom. The first-order valence-corrected chi connectivity index (χ1v) is 7.30. The maximum Gasteiger partial charge on any atom is 0.250 e. The lowest BCUT2D eigenvalue weighted by Crippen LogP contribution is -2.65. The summed E-state index contributed by atoms with van der Waals surface area (Å²) >= 11 is 0. The van der Waals surface area contributed by atoms with Gasteiger partial charge in [-0.05, 0) is 44.7 Å². The van der Waals surface area contributed by atoms with E-state index in [4.69, 9.17) is 0 Å². The average Bonchev–Trinajstić information content (AvgIpc) is 2.47. The van der Waals surface area contributed by atoms with Crippen LogP contribution in [-0.4, -0.2) is 35.3 Å². The van der Waals surface area contributed by atoms with E-state index in [9.17, 15) is 9.59 Å². The highest BCUT2D eigenvalue weighted by molar-refractivity contribution is 6.08. The van der Waals surface area contributed by atoms with Gasteiger partial charge in [-0.3, -0.25) is 14.5 Å². The second-order valence-corrected chi connectivity index (χ2v) is 5.71. The number of piperidine rings is 1. The number of para-hydroxylation sites is 1. The molecule has 2 aliphatic heterocycles. The minimum absolute atomic E-state index is 0.0751. The Kier molecular flexibility index (Phi) is 3.24. The topological polar surface area (TPSA) is 40.6 Å². The number of amides is 2. The molecule has 1 aromatic rings. The summed E-state index contributed by atoms with van der Waals surface area (Å²) in [6.45, 7) is 4.53. The SMILES string of the molecule is Cc1ccccc1N1C(=O)C2CCCCN2C(=O)C1C. The van der Waals surface area contributed by atoms with Crippen molar-refractivity contribution in [1.29, 1.82) is 0 Å². The zero-order valence-electron chi connectivity index (χ0n) is 12.0. The smallest absolute Gasteiger partial charge is 0.250 e. The molecule has 4 nitrogen and oxygen atoms in total. The van der Waals surface area contributed by atoms with Crippen molar-refractivity contribution >= 4 is 17.5 Å². The van der Waals surface area contributed by atoms with Gasteiger partial charge in [0, 0.05) is 12.2 Å². The van der Waals surface area contributed by atoms with Crippen LogP contribution in [0.2, 0.25) is 0 Å². The number of nitrogens with zero attached hydrogens (tertiary/aromatic N) is 2. The van der Waals surface area contributed by atoms with Gasteiger partial charge in [0.25, 0.3) is 5.91 Å². The third-order valence-corrected chi connectivity index (χ3v) is 4.43. The molecule has 0 N–H and O–H groups in total. The van der Waals surface area contributed by atoms with E-state index in [1.165, 1.54) is 0 Å². The van der Waals surface area contributed by atoms with Gasteiger partial charge < -0.3 is 4.90 Å². The van der Waals surface area contributed by atoms with Crippen molar-refractivity contribution in [3.05, 3.63) is 29.8 Å². The monoisotopic (exact) mass is 272 g/mol. The summed E-state index contributed by atoms with van der Waals surface area (Å²) in [5.41, 5.74) is 1.90. The Morgan fingerprint density at radius 1 is 1.10 bits per heavy atom. The van der Waals surface area contributed by atoms with Gasteiger partial charge in [-0.15, -0.1) is 0 Å². The molecule has 2 saturated heterocycles. The molecule has 0 radical (unpaired) electrons. The van der Waals surface area contributed by atoms with E-state index in [1.807, 2.05) is 38.1 Å². The number of fused-ring (bicyclic) bond motifs is 1. The second-order valence-electron chi connectivity index (χ2n) is 5.71. The zero-order chi connectivity index (χ0) is 14.3. The molecule has 2 fully saturated rings. The Balaban J connectivity index is 2.01. The number of aryl methyl sites for hydroxylation is 1. The minimum atomic E-state index is -0.405. The van der Waals surface area contributed by atoms with Crippen LogP contribution in [-0.2, 0) is 9.59 Å². The number of hydrogen-bond acceptors (Lipinski definition) is 2. The van der Waals surface area contributed by atoms with Crippen LogP contribution >= 0.6 is 0 Å². The largest absolute Gasteiger partial charge is 0.329 e. The number of piperazine rings is 1. The number of carbonyl (C=O) groups excluding carboxylic acids is 2. The highest BCUT2D eigenvalue weighted by atomic mass is 16.2. The molecular formula is C16H20N2O2. The summed E-state index contributed by atoms with van der Waals surface area (Å²) in [6.07, 6.45) is 2.82. The van der Waals surface area contributed by atoms with E-state index < -0.39 is 6.04 Å². The third-order valence-electron chi connectivity index (χ3n) is 4.43. The van der Waals surface area contributed by atoms with E-state index in [0.717, 1.165) is 37.1 Å². The van der Waals surface area contributed by atoms with E-state index in [2.05, 4.69) is 0 Å². The van der Waals surface area contributed by atoms with Crippen molar-refractivity contribution in [2.75, 3.05) is 11.4 Å². The van der Waals surface area contributed by atoms with Gasteiger partial charge in [-0.2, -0.15) is 0 Å². The maximum atomic E-state index is 12.8. The van der Waals surface area contributed by atoms with Gasteiger partial charge in [0.1, 0.15) is 12.1 Å². The lowest BCUT2D eigenvalue weighted by atomic mass is 9.95. The number of benzene rings is 1. The summed E-state index contributed by atoms with van der Waals surface area (Å²) in [5.74, 6) is 0.156. The highest BCUT2D eigenvalue weighted by Gasteiger charge is 2.45. The molecule has 0 bridgehead atoms. The molecule has 2 aliphatic rings. The Hall–Kier alpha value is -1.84. The van der Waals surface area contributed by atoms with Crippen molar-refractivity contribution in [3.8, 4) is 0 Å². The van der Waals surface area contributed by atoms with Crippen LogP contribution in [0.15, 0.2) is 24.3 Å². The zero-order valence-corrected chi connectivity index (χ0v) is 12.0. The molecule has 2 unspecified atom stereocenters. The van der Waals surface area contributed by atoms with Crippen LogP contribution in [0.3, 0.4) is 0 Å². The molecule has 0 spiro atoms. The van der Waals surface area contributed by atoms with Gasteiger partial charge >= 0.3 is 0 Å². The fourth-order valence-electron chi connectivity index (χ4n) is 3.31. The minimum Gasteiger partial charge on any atom is -0.329 e. The molecule has 2 atom stereocenters. The number of carbonyl (C=O) groups is 2. The van der Waals surface area contributed by atoms with Crippen molar-refractivity contribution in [1.82, 2.24) is 4.90 Å². The lowest BCUT2D eigenvalue weighted by Gasteiger charge is -2.46. The van der Waals surface area contributed by atoms with E-state index in [-0.39, 0.29) is 17.9 Å².